The lowest BCUT2D eigenvalue weighted by Crippen LogP contribution is -2.58. The zero-order valence-electron chi connectivity index (χ0n) is 16.0. The van der Waals surface area contributed by atoms with Gasteiger partial charge in [-0.25, -0.2) is 0 Å². The molecule has 2 aliphatic heterocycles. The molecular weight excluding hydrogens is 459 g/mol. The molecule has 0 aliphatic carbocycles. The van der Waals surface area contributed by atoms with Gasteiger partial charge < -0.3 is 15.4 Å². The Morgan fingerprint density at radius 1 is 1.31 bits per heavy atom. The molecule has 2 fully saturated rings. The van der Waals surface area contributed by atoms with E-state index >= 15 is 0 Å². The first kappa shape index (κ1) is 21.9. The Bertz CT molecular complexity index is 540. The van der Waals surface area contributed by atoms with Crippen LogP contribution in [-0.4, -0.2) is 62.8 Å². The number of aliphatic imine (C=N–C) groups is 1. The Labute approximate surface area is 179 Å². The van der Waals surface area contributed by atoms with Gasteiger partial charge >= 0.3 is 0 Å². The molecule has 1 unspecified atom stereocenters. The van der Waals surface area contributed by atoms with Crippen LogP contribution in [0.4, 0.5) is 0 Å². The van der Waals surface area contributed by atoms with Crippen molar-refractivity contribution in [2.24, 2.45) is 4.99 Å². The van der Waals surface area contributed by atoms with E-state index in [0.29, 0.717) is 5.92 Å². The normalized spacial score (nSPS) is 21.8. The van der Waals surface area contributed by atoms with Crippen molar-refractivity contribution in [3.05, 3.63) is 22.4 Å². The van der Waals surface area contributed by atoms with E-state index in [0.717, 1.165) is 45.1 Å². The first-order valence-corrected chi connectivity index (χ1v) is 10.5. The molecule has 0 bridgehead atoms. The summed E-state index contributed by atoms with van der Waals surface area (Å²) in [5, 5.41) is 11.5. The minimum absolute atomic E-state index is 0. The van der Waals surface area contributed by atoms with Gasteiger partial charge in [0.15, 0.2) is 5.96 Å². The maximum absolute atomic E-state index is 5.64. The minimum Gasteiger partial charge on any atom is -0.381 e. The summed E-state index contributed by atoms with van der Waals surface area (Å²) in [6.07, 6.45) is 4.88. The fourth-order valence-electron chi connectivity index (χ4n) is 3.94. The Kier molecular flexibility index (Phi) is 9.12. The largest absolute Gasteiger partial charge is 0.381 e. The SMILES string of the molecule is CN=C(NCC(C)c1ccsc1)NCC1(N2CCCC2)CCOCC1.I. The molecule has 0 saturated carbocycles. The molecule has 5 nitrogen and oxygen atoms in total. The molecule has 2 N–H and O–H groups in total. The molecule has 3 rings (SSSR count). The van der Waals surface area contributed by atoms with Crippen molar-refractivity contribution in [3.8, 4) is 0 Å². The number of hydrogen-bond acceptors (Lipinski definition) is 4. The summed E-state index contributed by atoms with van der Waals surface area (Å²) in [4.78, 5) is 7.12. The second-order valence-electron chi connectivity index (χ2n) is 7.30. The molecule has 2 aliphatic rings. The number of likely N-dealkylation sites (tertiary alicyclic amines) is 1. The Hall–Kier alpha value is -0.380. The topological polar surface area (TPSA) is 48.9 Å². The van der Waals surface area contributed by atoms with Crippen LogP contribution < -0.4 is 10.6 Å². The number of nitrogens with zero attached hydrogens (tertiary/aromatic N) is 2. The fraction of sp³-hybridized carbons (Fsp3) is 0.737. The second kappa shape index (κ2) is 10.8. The summed E-state index contributed by atoms with van der Waals surface area (Å²) in [6.45, 7) is 8.30. The van der Waals surface area contributed by atoms with E-state index in [1.807, 2.05) is 7.05 Å². The average Bonchev–Trinajstić information content (AvgIpc) is 3.36. The summed E-state index contributed by atoms with van der Waals surface area (Å²) < 4.78 is 5.64. The summed E-state index contributed by atoms with van der Waals surface area (Å²) >= 11 is 1.76. The molecule has 1 atom stereocenters. The zero-order valence-corrected chi connectivity index (χ0v) is 19.1. The van der Waals surface area contributed by atoms with Gasteiger partial charge in [-0.15, -0.1) is 24.0 Å². The van der Waals surface area contributed by atoms with Crippen molar-refractivity contribution >= 4 is 41.3 Å². The number of guanidine groups is 1. The van der Waals surface area contributed by atoms with Crippen molar-refractivity contribution < 1.29 is 4.74 Å². The fourth-order valence-corrected chi connectivity index (χ4v) is 4.72. The second-order valence-corrected chi connectivity index (χ2v) is 8.08. The van der Waals surface area contributed by atoms with Crippen LogP contribution in [0.5, 0.6) is 0 Å². The summed E-state index contributed by atoms with van der Waals surface area (Å²) in [6, 6.07) is 2.21. The first-order valence-electron chi connectivity index (χ1n) is 9.53. The number of hydrogen-bond donors (Lipinski definition) is 2. The Morgan fingerprint density at radius 2 is 2.04 bits per heavy atom. The number of nitrogens with one attached hydrogen (secondary N) is 2. The number of thiophene rings is 1. The molecule has 7 heteroatoms. The maximum atomic E-state index is 5.64. The van der Waals surface area contributed by atoms with Gasteiger partial charge in [-0.1, -0.05) is 6.92 Å². The van der Waals surface area contributed by atoms with E-state index in [1.54, 1.807) is 11.3 Å². The molecule has 1 aromatic rings. The maximum Gasteiger partial charge on any atom is 0.191 e. The van der Waals surface area contributed by atoms with E-state index in [1.165, 1.54) is 31.5 Å². The van der Waals surface area contributed by atoms with Gasteiger partial charge in [-0.2, -0.15) is 11.3 Å². The molecule has 0 amide bonds. The highest BCUT2D eigenvalue weighted by atomic mass is 127. The number of ether oxygens (including phenoxy) is 1. The van der Waals surface area contributed by atoms with Gasteiger partial charge in [-0.05, 0) is 67.1 Å². The van der Waals surface area contributed by atoms with Gasteiger partial charge in [0.2, 0.25) is 0 Å². The first-order chi connectivity index (χ1) is 12.2. The van der Waals surface area contributed by atoms with E-state index in [9.17, 15) is 0 Å². The highest BCUT2D eigenvalue weighted by Gasteiger charge is 2.39. The third-order valence-electron chi connectivity index (χ3n) is 5.70. The van der Waals surface area contributed by atoms with E-state index in [2.05, 4.69) is 44.3 Å². The van der Waals surface area contributed by atoms with Crippen LogP contribution in [0.1, 0.15) is 44.1 Å². The van der Waals surface area contributed by atoms with Gasteiger partial charge in [-0.3, -0.25) is 9.89 Å². The highest BCUT2D eigenvalue weighted by molar-refractivity contribution is 14.0. The average molecular weight is 492 g/mol. The van der Waals surface area contributed by atoms with Gasteiger partial charge in [0, 0.05) is 38.9 Å². The van der Waals surface area contributed by atoms with Gasteiger partial charge in [0.1, 0.15) is 0 Å². The predicted molar refractivity (Wildman–Crippen MR) is 121 cm³/mol. The van der Waals surface area contributed by atoms with Crippen LogP contribution in [-0.2, 0) is 4.74 Å². The molecule has 0 radical (unpaired) electrons. The molecular formula is C19H33IN4OS. The summed E-state index contributed by atoms with van der Waals surface area (Å²) in [5.41, 5.74) is 1.62. The minimum atomic E-state index is 0. The zero-order chi connectivity index (χ0) is 17.5. The number of halogens is 1. The monoisotopic (exact) mass is 492 g/mol. The van der Waals surface area contributed by atoms with Gasteiger partial charge in [0.25, 0.3) is 0 Å². The molecule has 0 spiro atoms. The van der Waals surface area contributed by atoms with E-state index in [4.69, 9.17) is 4.74 Å². The predicted octanol–water partition coefficient (Wildman–Crippen LogP) is 3.28. The number of rotatable bonds is 6. The lowest BCUT2D eigenvalue weighted by molar-refractivity contribution is -0.0164. The lowest BCUT2D eigenvalue weighted by Gasteiger charge is -2.45. The van der Waals surface area contributed by atoms with Crippen molar-refractivity contribution in [1.82, 2.24) is 15.5 Å². The van der Waals surface area contributed by atoms with Gasteiger partial charge in [0.05, 0.1) is 0 Å². The van der Waals surface area contributed by atoms with Crippen molar-refractivity contribution in [3.63, 3.8) is 0 Å². The van der Waals surface area contributed by atoms with Crippen LogP contribution in [0.15, 0.2) is 21.8 Å². The van der Waals surface area contributed by atoms with E-state index in [-0.39, 0.29) is 29.5 Å². The van der Waals surface area contributed by atoms with Crippen molar-refractivity contribution in [2.75, 3.05) is 46.4 Å². The molecule has 1 aromatic heterocycles. The Balaban J connectivity index is 0.00000243. The third-order valence-corrected chi connectivity index (χ3v) is 6.40. The standard InChI is InChI=1S/C19H32N4OS.HI/c1-16(17-5-12-25-14-17)13-21-18(20-2)22-15-19(6-10-24-11-7-19)23-8-3-4-9-23;/h5,12,14,16H,3-4,6-11,13,15H2,1-2H3,(H2,20,21,22);1H. The van der Waals surface area contributed by atoms with Crippen LogP contribution in [0.25, 0.3) is 0 Å². The summed E-state index contributed by atoms with van der Waals surface area (Å²) in [7, 11) is 1.86. The molecule has 3 heterocycles. The smallest absolute Gasteiger partial charge is 0.191 e. The quantitative estimate of drug-likeness (QED) is 0.364. The Morgan fingerprint density at radius 3 is 2.65 bits per heavy atom. The molecule has 0 aromatic carbocycles. The third kappa shape index (κ3) is 5.56. The van der Waals surface area contributed by atoms with Crippen LogP contribution >= 0.6 is 35.3 Å². The van der Waals surface area contributed by atoms with Crippen LogP contribution in [0.2, 0.25) is 0 Å². The summed E-state index contributed by atoms with van der Waals surface area (Å²) in [5.74, 6) is 1.40. The lowest BCUT2D eigenvalue weighted by atomic mass is 9.88. The van der Waals surface area contributed by atoms with Crippen molar-refractivity contribution in [1.29, 1.82) is 0 Å². The molecule has 26 heavy (non-hydrogen) atoms. The van der Waals surface area contributed by atoms with Crippen molar-refractivity contribution in [2.45, 2.75) is 44.1 Å². The highest BCUT2D eigenvalue weighted by Crippen LogP contribution is 2.30. The van der Waals surface area contributed by atoms with E-state index < -0.39 is 0 Å². The van der Waals surface area contributed by atoms with Crippen LogP contribution in [0.3, 0.4) is 0 Å². The molecule has 148 valence electrons. The molecule has 2 saturated heterocycles. The van der Waals surface area contributed by atoms with Crippen LogP contribution in [0, 0.1) is 0 Å².